The van der Waals surface area contributed by atoms with Crippen molar-refractivity contribution in [2.24, 2.45) is 0 Å². The normalized spacial score (nSPS) is 14.4. The Labute approximate surface area is 156 Å². The van der Waals surface area contributed by atoms with Crippen molar-refractivity contribution in [3.05, 3.63) is 24.3 Å². The summed E-state index contributed by atoms with van der Waals surface area (Å²) < 4.78 is 6.39. The first-order valence-corrected chi connectivity index (χ1v) is 10.3. The number of anilines is 2. The molecule has 0 radical (unpaired) electrons. The number of nitrogens with one attached hydrogen (secondary N) is 1. The number of aromatic nitrogens is 2. The third kappa shape index (κ3) is 5.09. The summed E-state index contributed by atoms with van der Waals surface area (Å²) in [5, 5.41) is 12.3. The molecule has 2 aromatic rings. The second-order valence-electron chi connectivity index (χ2n) is 5.66. The third-order valence-corrected chi connectivity index (χ3v) is 5.82. The van der Waals surface area contributed by atoms with Gasteiger partial charge in [0.05, 0.1) is 18.0 Å². The summed E-state index contributed by atoms with van der Waals surface area (Å²) in [5.41, 5.74) is 0.862. The zero-order chi connectivity index (χ0) is 17.5. The number of nitrogens with zero attached hydrogens (tertiary/aromatic N) is 3. The number of amides is 1. The maximum atomic E-state index is 12.2. The molecule has 0 atom stereocenters. The Morgan fingerprint density at radius 2 is 2.08 bits per heavy atom. The standard InChI is InChI=1S/C17H22N4O2S2/c1-2-23-14-9-5-4-8-13(14)18-16-19-20-17(25-16)24-12-15(22)21-10-6-3-7-11-21/h4-5,8-9H,2-3,6-7,10-12H2,1H3,(H,18,19). The molecule has 1 aliphatic heterocycles. The Kier molecular flexibility index (Phi) is 6.52. The van der Waals surface area contributed by atoms with Crippen LogP contribution in [0.3, 0.4) is 0 Å². The largest absolute Gasteiger partial charge is 0.492 e. The van der Waals surface area contributed by atoms with E-state index in [9.17, 15) is 4.79 Å². The van der Waals surface area contributed by atoms with E-state index < -0.39 is 0 Å². The number of thioether (sulfide) groups is 1. The van der Waals surface area contributed by atoms with Crippen molar-refractivity contribution in [1.29, 1.82) is 0 Å². The Balaban J connectivity index is 1.55. The lowest BCUT2D eigenvalue weighted by molar-refractivity contribution is -0.129. The number of benzene rings is 1. The number of hydrogen-bond acceptors (Lipinski definition) is 7. The zero-order valence-corrected chi connectivity index (χ0v) is 15.9. The van der Waals surface area contributed by atoms with Gasteiger partial charge < -0.3 is 15.0 Å². The SMILES string of the molecule is CCOc1ccccc1Nc1nnc(SCC(=O)N2CCCCC2)s1. The van der Waals surface area contributed by atoms with Crippen LogP contribution in [0.1, 0.15) is 26.2 Å². The molecular formula is C17H22N4O2S2. The van der Waals surface area contributed by atoms with Gasteiger partial charge in [0, 0.05) is 13.1 Å². The third-order valence-electron chi connectivity index (χ3n) is 3.86. The van der Waals surface area contributed by atoms with Crippen LogP contribution in [-0.2, 0) is 4.79 Å². The molecule has 1 amide bonds. The van der Waals surface area contributed by atoms with E-state index in [2.05, 4.69) is 15.5 Å². The van der Waals surface area contributed by atoms with E-state index in [1.807, 2.05) is 36.1 Å². The Morgan fingerprint density at radius 3 is 2.88 bits per heavy atom. The molecule has 1 fully saturated rings. The average molecular weight is 379 g/mol. The van der Waals surface area contributed by atoms with Gasteiger partial charge in [-0.05, 0) is 38.3 Å². The van der Waals surface area contributed by atoms with Gasteiger partial charge in [-0.1, -0.05) is 35.2 Å². The molecule has 8 heteroatoms. The second kappa shape index (κ2) is 9.05. The number of hydrogen-bond donors (Lipinski definition) is 1. The van der Waals surface area contributed by atoms with Gasteiger partial charge in [0.25, 0.3) is 0 Å². The van der Waals surface area contributed by atoms with E-state index in [0.29, 0.717) is 17.5 Å². The van der Waals surface area contributed by atoms with E-state index in [1.54, 1.807) is 0 Å². The predicted octanol–water partition coefficient (Wildman–Crippen LogP) is 3.79. The number of carbonyl (C=O) groups excluding carboxylic acids is 1. The first-order valence-electron chi connectivity index (χ1n) is 8.49. The zero-order valence-electron chi connectivity index (χ0n) is 14.2. The van der Waals surface area contributed by atoms with Crippen LogP contribution in [0.15, 0.2) is 28.6 Å². The molecule has 2 heterocycles. The summed E-state index contributed by atoms with van der Waals surface area (Å²) in [4.78, 5) is 14.2. The number of ether oxygens (including phenoxy) is 1. The van der Waals surface area contributed by atoms with Gasteiger partial charge in [-0.15, -0.1) is 10.2 Å². The Bertz CT molecular complexity index is 701. The van der Waals surface area contributed by atoms with Crippen molar-refractivity contribution in [2.75, 3.05) is 30.8 Å². The number of piperidine rings is 1. The molecule has 0 spiro atoms. The Morgan fingerprint density at radius 1 is 1.28 bits per heavy atom. The molecular weight excluding hydrogens is 356 g/mol. The van der Waals surface area contributed by atoms with Crippen molar-refractivity contribution in [3.8, 4) is 5.75 Å². The molecule has 1 aliphatic rings. The van der Waals surface area contributed by atoms with Crippen LogP contribution in [0.4, 0.5) is 10.8 Å². The Hall–Kier alpha value is -1.80. The van der Waals surface area contributed by atoms with Crippen molar-refractivity contribution in [1.82, 2.24) is 15.1 Å². The molecule has 0 bridgehead atoms. The van der Waals surface area contributed by atoms with Gasteiger partial charge in [0.1, 0.15) is 5.75 Å². The van der Waals surface area contributed by atoms with Crippen LogP contribution < -0.4 is 10.1 Å². The second-order valence-corrected chi connectivity index (χ2v) is 7.86. The lowest BCUT2D eigenvalue weighted by Gasteiger charge is -2.26. The van der Waals surface area contributed by atoms with Crippen LogP contribution in [0.2, 0.25) is 0 Å². The van der Waals surface area contributed by atoms with Gasteiger partial charge in [0.15, 0.2) is 4.34 Å². The summed E-state index contributed by atoms with van der Waals surface area (Å²) in [5.74, 6) is 1.40. The van der Waals surface area contributed by atoms with Crippen LogP contribution in [-0.4, -0.2) is 46.5 Å². The monoisotopic (exact) mass is 378 g/mol. The molecule has 6 nitrogen and oxygen atoms in total. The summed E-state index contributed by atoms with van der Waals surface area (Å²) in [7, 11) is 0. The van der Waals surface area contributed by atoms with Gasteiger partial charge in [-0.25, -0.2) is 0 Å². The van der Waals surface area contributed by atoms with E-state index in [1.165, 1.54) is 29.5 Å². The van der Waals surface area contributed by atoms with Gasteiger partial charge in [-0.2, -0.15) is 0 Å². The highest BCUT2D eigenvalue weighted by atomic mass is 32.2. The average Bonchev–Trinajstić information content (AvgIpc) is 3.10. The van der Waals surface area contributed by atoms with Gasteiger partial charge in [0.2, 0.25) is 11.0 Å². The summed E-state index contributed by atoms with van der Waals surface area (Å²) in [6.45, 7) is 4.33. The topological polar surface area (TPSA) is 67.3 Å². The minimum Gasteiger partial charge on any atom is -0.492 e. The molecule has 1 N–H and O–H groups in total. The lowest BCUT2D eigenvalue weighted by Crippen LogP contribution is -2.36. The molecule has 25 heavy (non-hydrogen) atoms. The van der Waals surface area contributed by atoms with Crippen molar-refractivity contribution in [3.63, 3.8) is 0 Å². The highest BCUT2D eigenvalue weighted by molar-refractivity contribution is 8.01. The fourth-order valence-electron chi connectivity index (χ4n) is 2.64. The first kappa shape index (κ1) is 18.0. The van der Waals surface area contributed by atoms with Gasteiger partial charge in [-0.3, -0.25) is 4.79 Å². The minimum absolute atomic E-state index is 0.191. The number of para-hydroxylation sites is 2. The van der Waals surface area contributed by atoms with E-state index >= 15 is 0 Å². The quantitative estimate of drug-likeness (QED) is 0.740. The fraction of sp³-hybridized carbons (Fsp3) is 0.471. The molecule has 0 aliphatic carbocycles. The molecule has 1 saturated heterocycles. The molecule has 1 aromatic heterocycles. The smallest absolute Gasteiger partial charge is 0.233 e. The van der Waals surface area contributed by atoms with Crippen molar-refractivity contribution >= 4 is 39.8 Å². The van der Waals surface area contributed by atoms with Crippen molar-refractivity contribution in [2.45, 2.75) is 30.5 Å². The fourth-order valence-corrected chi connectivity index (χ4v) is 4.31. The summed E-state index contributed by atoms with van der Waals surface area (Å²) >= 11 is 2.90. The van der Waals surface area contributed by atoms with Crippen LogP contribution in [0.5, 0.6) is 5.75 Å². The van der Waals surface area contributed by atoms with Crippen LogP contribution in [0, 0.1) is 0 Å². The first-order chi connectivity index (χ1) is 12.3. The number of carbonyl (C=O) groups is 1. The molecule has 134 valence electrons. The molecule has 0 saturated carbocycles. The molecule has 0 unspecified atom stereocenters. The molecule has 3 rings (SSSR count). The molecule has 1 aromatic carbocycles. The minimum atomic E-state index is 0.191. The lowest BCUT2D eigenvalue weighted by atomic mass is 10.1. The summed E-state index contributed by atoms with van der Waals surface area (Å²) in [6.07, 6.45) is 3.45. The van der Waals surface area contributed by atoms with Crippen molar-refractivity contribution < 1.29 is 9.53 Å². The predicted molar refractivity (Wildman–Crippen MR) is 102 cm³/mol. The maximum absolute atomic E-state index is 12.2. The highest BCUT2D eigenvalue weighted by Crippen LogP contribution is 2.31. The van der Waals surface area contributed by atoms with E-state index in [0.717, 1.165) is 41.7 Å². The maximum Gasteiger partial charge on any atom is 0.233 e. The number of likely N-dealkylation sites (tertiary alicyclic amines) is 1. The van der Waals surface area contributed by atoms with E-state index in [-0.39, 0.29) is 5.91 Å². The van der Waals surface area contributed by atoms with Gasteiger partial charge >= 0.3 is 0 Å². The number of rotatable bonds is 7. The van der Waals surface area contributed by atoms with E-state index in [4.69, 9.17) is 4.74 Å². The van der Waals surface area contributed by atoms with Crippen LogP contribution >= 0.6 is 23.1 Å². The van der Waals surface area contributed by atoms with Crippen LogP contribution in [0.25, 0.3) is 0 Å². The summed E-state index contributed by atoms with van der Waals surface area (Å²) in [6, 6.07) is 7.74. The highest BCUT2D eigenvalue weighted by Gasteiger charge is 2.17.